The lowest BCUT2D eigenvalue weighted by Gasteiger charge is -2.07. The fraction of sp³-hybridized carbons (Fsp3) is 0.158. The maximum absolute atomic E-state index is 12.1. The first kappa shape index (κ1) is 17.1. The van der Waals surface area contributed by atoms with Crippen LogP contribution in [0.15, 0.2) is 54.1 Å². The minimum atomic E-state index is -0.451. The van der Waals surface area contributed by atoms with E-state index in [-0.39, 0.29) is 11.3 Å². The van der Waals surface area contributed by atoms with Gasteiger partial charge in [-0.3, -0.25) is 4.79 Å². The van der Waals surface area contributed by atoms with Crippen molar-refractivity contribution in [1.82, 2.24) is 5.32 Å². The van der Waals surface area contributed by atoms with Gasteiger partial charge in [0.15, 0.2) is 11.5 Å². The van der Waals surface area contributed by atoms with Gasteiger partial charge in [-0.05, 0) is 36.3 Å². The molecule has 5 heteroatoms. The Bertz CT molecular complexity index is 777. The Hall–Kier alpha value is -3.26. The van der Waals surface area contributed by atoms with E-state index in [0.29, 0.717) is 24.5 Å². The summed E-state index contributed by atoms with van der Waals surface area (Å²) in [6.45, 7) is 2.56. The van der Waals surface area contributed by atoms with E-state index >= 15 is 0 Å². The summed E-state index contributed by atoms with van der Waals surface area (Å²) in [5, 5.41) is 21.6. The summed E-state index contributed by atoms with van der Waals surface area (Å²) in [6, 6.07) is 16.0. The number of rotatable bonds is 6. The third kappa shape index (κ3) is 4.62. The molecule has 1 amide bonds. The molecule has 0 atom stereocenters. The third-order valence-electron chi connectivity index (χ3n) is 3.26. The molecule has 0 heterocycles. The number of benzene rings is 2. The largest absolute Gasteiger partial charge is 0.504 e. The minimum absolute atomic E-state index is 0.0148. The smallest absolute Gasteiger partial charge is 0.262 e. The number of aromatic hydroxyl groups is 1. The summed E-state index contributed by atoms with van der Waals surface area (Å²) in [5.74, 6) is -0.123. The van der Waals surface area contributed by atoms with Gasteiger partial charge in [0.2, 0.25) is 0 Å². The molecule has 5 nitrogen and oxygen atoms in total. The van der Waals surface area contributed by atoms with Crippen LogP contribution in [-0.4, -0.2) is 17.6 Å². The average Bonchev–Trinajstić information content (AvgIpc) is 2.61. The fourth-order valence-corrected chi connectivity index (χ4v) is 2.08. The Labute approximate surface area is 140 Å². The molecule has 2 rings (SSSR count). The number of hydrogen-bond donors (Lipinski definition) is 2. The van der Waals surface area contributed by atoms with Gasteiger partial charge in [0.1, 0.15) is 11.6 Å². The first-order valence-electron chi connectivity index (χ1n) is 7.53. The van der Waals surface area contributed by atoms with Crippen molar-refractivity contribution in [1.29, 1.82) is 5.26 Å². The Morgan fingerprint density at radius 3 is 2.71 bits per heavy atom. The van der Waals surface area contributed by atoms with Crippen molar-refractivity contribution in [3.63, 3.8) is 0 Å². The summed E-state index contributed by atoms with van der Waals surface area (Å²) in [6.07, 6.45) is 1.46. The average molecular weight is 322 g/mol. The number of carbonyl (C=O) groups excluding carboxylic acids is 1. The van der Waals surface area contributed by atoms with Crippen molar-refractivity contribution in [3.05, 3.63) is 65.2 Å². The Morgan fingerprint density at radius 2 is 2.04 bits per heavy atom. The van der Waals surface area contributed by atoms with Gasteiger partial charge in [-0.25, -0.2) is 0 Å². The lowest BCUT2D eigenvalue weighted by molar-refractivity contribution is -0.117. The highest BCUT2D eigenvalue weighted by Gasteiger charge is 2.10. The molecule has 2 N–H and O–H groups in total. The third-order valence-corrected chi connectivity index (χ3v) is 3.26. The maximum Gasteiger partial charge on any atom is 0.262 e. The molecule has 2 aromatic carbocycles. The molecular formula is C19H18N2O3. The molecule has 122 valence electrons. The molecule has 0 unspecified atom stereocenters. The van der Waals surface area contributed by atoms with Crippen LogP contribution in [0.4, 0.5) is 0 Å². The topological polar surface area (TPSA) is 82.3 Å². The summed E-state index contributed by atoms with van der Waals surface area (Å²) < 4.78 is 5.30. The second-order valence-corrected chi connectivity index (χ2v) is 5.00. The van der Waals surface area contributed by atoms with Gasteiger partial charge in [-0.2, -0.15) is 5.26 Å². The summed E-state index contributed by atoms with van der Waals surface area (Å²) in [4.78, 5) is 12.1. The molecule has 2 aromatic rings. The second kappa shape index (κ2) is 8.39. The minimum Gasteiger partial charge on any atom is -0.504 e. The number of ether oxygens (including phenoxy) is 1. The van der Waals surface area contributed by atoms with Gasteiger partial charge < -0.3 is 15.2 Å². The van der Waals surface area contributed by atoms with E-state index in [1.165, 1.54) is 12.1 Å². The maximum atomic E-state index is 12.1. The van der Waals surface area contributed by atoms with Crippen molar-refractivity contribution in [3.8, 4) is 17.6 Å². The molecule has 0 bridgehead atoms. The van der Waals surface area contributed by atoms with E-state index in [0.717, 1.165) is 5.56 Å². The number of nitrogens with zero attached hydrogens (tertiary/aromatic N) is 1. The standard InChI is InChI=1S/C19H18N2O3/c1-2-24-18-11-15(8-9-17(18)22)10-16(12-20)19(23)21-13-14-6-4-3-5-7-14/h3-11,22H,2,13H2,1H3,(H,21,23)/b16-10+. The summed E-state index contributed by atoms with van der Waals surface area (Å²) >= 11 is 0. The van der Waals surface area contributed by atoms with Crippen molar-refractivity contribution in [2.45, 2.75) is 13.5 Å². The van der Waals surface area contributed by atoms with Crippen LogP contribution >= 0.6 is 0 Å². The van der Waals surface area contributed by atoms with Crippen LogP contribution in [0.3, 0.4) is 0 Å². The highest BCUT2D eigenvalue weighted by molar-refractivity contribution is 6.01. The molecular weight excluding hydrogens is 304 g/mol. The van der Waals surface area contributed by atoms with Gasteiger partial charge in [0.25, 0.3) is 5.91 Å². The van der Waals surface area contributed by atoms with E-state index in [1.807, 2.05) is 36.4 Å². The van der Waals surface area contributed by atoms with E-state index in [1.54, 1.807) is 19.1 Å². The van der Waals surface area contributed by atoms with Gasteiger partial charge >= 0.3 is 0 Å². The zero-order chi connectivity index (χ0) is 17.4. The first-order valence-corrected chi connectivity index (χ1v) is 7.53. The SMILES string of the molecule is CCOc1cc(/C=C(\C#N)C(=O)NCc2ccccc2)ccc1O. The van der Waals surface area contributed by atoms with Crippen LogP contribution in [0.1, 0.15) is 18.1 Å². The van der Waals surface area contributed by atoms with Crippen LogP contribution in [0, 0.1) is 11.3 Å². The van der Waals surface area contributed by atoms with Gasteiger partial charge in [-0.15, -0.1) is 0 Å². The van der Waals surface area contributed by atoms with E-state index in [4.69, 9.17) is 4.74 Å². The number of nitrogens with one attached hydrogen (secondary N) is 1. The fourth-order valence-electron chi connectivity index (χ4n) is 2.08. The van der Waals surface area contributed by atoms with Crippen LogP contribution in [0.2, 0.25) is 0 Å². The predicted molar refractivity (Wildman–Crippen MR) is 91.2 cm³/mol. The Kier molecular flexibility index (Phi) is 5.98. The number of hydrogen-bond acceptors (Lipinski definition) is 4. The molecule has 0 radical (unpaired) electrons. The normalized spacial score (nSPS) is 10.8. The number of phenols is 1. The molecule has 0 aromatic heterocycles. The van der Waals surface area contributed by atoms with Gasteiger partial charge in [0, 0.05) is 6.54 Å². The van der Waals surface area contributed by atoms with Crippen molar-refractivity contribution in [2.75, 3.05) is 6.61 Å². The van der Waals surface area contributed by atoms with Crippen LogP contribution < -0.4 is 10.1 Å². The predicted octanol–water partition coefficient (Wildman–Crippen LogP) is 3.01. The molecule has 0 saturated heterocycles. The highest BCUT2D eigenvalue weighted by atomic mass is 16.5. The second-order valence-electron chi connectivity index (χ2n) is 5.00. The summed E-state index contributed by atoms with van der Waals surface area (Å²) in [7, 11) is 0. The number of phenolic OH excluding ortho intramolecular Hbond substituents is 1. The number of carbonyl (C=O) groups is 1. The summed E-state index contributed by atoms with van der Waals surface area (Å²) in [5.41, 5.74) is 1.54. The Morgan fingerprint density at radius 1 is 1.29 bits per heavy atom. The van der Waals surface area contributed by atoms with Gasteiger partial charge in [0.05, 0.1) is 6.61 Å². The van der Waals surface area contributed by atoms with Crippen molar-refractivity contribution < 1.29 is 14.6 Å². The van der Waals surface area contributed by atoms with Crippen molar-refractivity contribution >= 4 is 12.0 Å². The quantitative estimate of drug-likeness (QED) is 0.632. The molecule has 0 aliphatic rings. The lowest BCUT2D eigenvalue weighted by Crippen LogP contribution is -2.23. The lowest BCUT2D eigenvalue weighted by atomic mass is 10.1. The first-order chi connectivity index (χ1) is 11.6. The van der Waals surface area contributed by atoms with Crippen LogP contribution in [0.5, 0.6) is 11.5 Å². The molecule has 24 heavy (non-hydrogen) atoms. The monoisotopic (exact) mass is 322 g/mol. The number of amides is 1. The van der Waals surface area contributed by atoms with E-state index in [9.17, 15) is 15.2 Å². The molecule has 0 aliphatic heterocycles. The van der Waals surface area contributed by atoms with Crippen molar-refractivity contribution in [2.24, 2.45) is 0 Å². The molecule has 0 aliphatic carbocycles. The van der Waals surface area contributed by atoms with Gasteiger partial charge in [-0.1, -0.05) is 36.4 Å². The Balaban J connectivity index is 2.12. The number of nitriles is 1. The molecule has 0 spiro atoms. The van der Waals surface area contributed by atoms with Crippen LogP contribution in [-0.2, 0) is 11.3 Å². The van der Waals surface area contributed by atoms with E-state index < -0.39 is 5.91 Å². The molecule has 0 saturated carbocycles. The zero-order valence-corrected chi connectivity index (χ0v) is 13.3. The molecule has 0 fully saturated rings. The van der Waals surface area contributed by atoms with E-state index in [2.05, 4.69) is 5.32 Å². The highest BCUT2D eigenvalue weighted by Crippen LogP contribution is 2.27. The zero-order valence-electron chi connectivity index (χ0n) is 13.3. The van der Waals surface area contributed by atoms with Crippen LogP contribution in [0.25, 0.3) is 6.08 Å².